The number of hydrogen-bond acceptors (Lipinski definition) is 7. The van der Waals surface area contributed by atoms with Crippen LogP contribution in [0.5, 0.6) is 5.75 Å². The molecule has 2 aliphatic heterocycles. The molecule has 6 unspecified atom stereocenters. The summed E-state index contributed by atoms with van der Waals surface area (Å²) < 4.78 is 29.6. The van der Waals surface area contributed by atoms with Crippen LogP contribution in [0.25, 0.3) is 0 Å². The highest BCUT2D eigenvalue weighted by atomic mass is 35.5. The van der Waals surface area contributed by atoms with E-state index in [1.807, 2.05) is 0 Å². The zero-order valence-electron chi connectivity index (χ0n) is 17.2. The number of carboxylic acids is 1. The number of benzene rings is 1. The molecule has 2 saturated heterocycles. The molecule has 0 aromatic heterocycles. The molecule has 10 heteroatoms. The third-order valence-corrected chi connectivity index (χ3v) is 5.06. The van der Waals surface area contributed by atoms with E-state index >= 15 is 0 Å². The summed E-state index contributed by atoms with van der Waals surface area (Å²) >= 11 is 5.93. The summed E-state index contributed by atoms with van der Waals surface area (Å²) in [5.41, 5.74) is 0. The molecule has 9 nitrogen and oxygen atoms in total. The van der Waals surface area contributed by atoms with Crippen molar-refractivity contribution in [2.75, 3.05) is 6.61 Å². The van der Waals surface area contributed by atoms with E-state index in [-0.39, 0.29) is 12.5 Å². The largest absolute Gasteiger partial charge is 0.479 e. The Morgan fingerprint density at radius 1 is 1.30 bits per heavy atom. The standard InChI is InChI=1S/C20H26ClNO8/c1-10(18(24)25)27-17-15(22-11(2)23)19(28-13-7-5-12(21)6-8-13)29-14-9-26-20(3,4)30-16(14)17/h5-8,10,14-17,19H,9H2,1-4H3,(H,22,23)(H,24,25). The van der Waals surface area contributed by atoms with Crippen molar-refractivity contribution >= 4 is 23.5 Å². The number of carbonyl (C=O) groups excluding carboxylic acids is 1. The molecule has 30 heavy (non-hydrogen) atoms. The average molecular weight is 444 g/mol. The van der Waals surface area contributed by atoms with E-state index in [0.717, 1.165) is 0 Å². The highest BCUT2D eigenvalue weighted by molar-refractivity contribution is 6.30. The predicted octanol–water partition coefficient (Wildman–Crippen LogP) is 1.96. The summed E-state index contributed by atoms with van der Waals surface area (Å²) in [4.78, 5) is 23.4. The second kappa shape index (κ2) is 9.07. The molecule has 2 N–H and O–H groups in total. The minimum atomic E-state index is -1.14. The van der Waals surface area contributed by atoms with Gasteiger partial charge in [-0.1, -0.05) is 11.6 Å². The first kappa shape index (κ1) is 22.8. The number of hydrogen-bond donors (Lipinski definition) is 2. The summed E-state index contributed by atoms with van der Waals surface area (Å²) in [6.45, 7) is 6.43. The first-order chi connectivity index (χ1) is 14.1. The monoisotopic (exact) mass is 443 g/mol. The number of amides is 1. The molecule has 2 heterocycles. The Labute approximate surface area is 179 Å². The molecule has 0 saturated carbocycles. The van der Waals surface area contributed by atoms with Crippen LogP contribution in [-0.2, 0) is 28.5 Å². The van der Waals surface area contributed by atoms with E-state index in [0.29, 0.717) is 10.8 Å². The van der Waals surface area contributed by atoms with E-state index in [9.17, 15) is 14.7 Å². The number of ether oxygens (including phenoxy) is 5. The highest BCUT2D eigenvalue weighted by Crippen LogP contribution is 2.35. The average Bonchev–Trinajstić information content (AvgIpc) is 2.65. The van der Waals surface area contributed by atoms with Crippen LogP contribution in [0.2, 0.25) is 5.02 Å². The lowest BCUT2D eigenvalue weighted by atomic mass is 9.94. The number of rotatable bonds is 6. The van der Waals surface area contributed by atoms with Gasteiger partial charge >= 0.3 is 5.97 Å². The fourth-order valence-corrected chi connectivity index (χ4v) is 3.54. The summed E-state index contributed by atoms with van der Waals surface area (Å²) in [5, 5.41) is 12.7. The molecule has 0 aliphatic carbocycles. The topological polar surface area (TPSA) is 113 Å². The lowest BCUT2D eigenvalue weighted by molar-refractivity contribution is -0.366. The molecular weight excluding hydrogens is 418 g/mol. The van der Waals surface area contributed by atoms with Gasteiger partial charge in [0.2, 0.25) is 12.2 Å². The summed E-state index contributed by atoms with van der Waals surface area (Å²) in [7, 11) is 0. The number of halogens is 1. The maximum atomic E-state index is 11.9. The van der Waals surface area contributed by atoms with Gasteiger partial charge in [-0.3, -0.25) is 4.79 Å². The zero-order chi connectivity index (χ0) is 22.1. The molecule has 2 fully saturated rings. The van der Waals surface area contributed by atoms with Crippen LogP contribution in [-0.4, -0.2) is 66.1 Å². The summed E-state index contributed by atoms with van der Waals surface area (Å²) in [6.07, 6.45) is -4.26. The van der Waals surface area contributed by atoms with Gasteiger partial charge in [0.15, 0.2) is 11.9 Å². The minimum Gasteiger partial charge on any atom is -0.479 e. The van der Waals surface area contributed by atoms with Crippen LogP contribution >= 0.6 is 11.6 Å². The van der Waals surface area contributed by atoms with Crippen molar-refractivity contribution in [1.29, 1.82) is 0 Å². The first-order valence-electron chi connectivity index (χ1n) is 9.60. The van der Waals surface area contributed by atoms with Gasteiger partial charge in [-0.15, -0.1) is 0 Å². The molecule has 166 valence electrons. The van der Waals surface area contributed by atoms with Gasteiger partial charge in [-0.05, 0) is 45.0 Å². The second-order valence-corrected chi connectivity index (χ2v) is 8.15. The Morgan fingerprint density at radius 2 is 1.97 bits per heavy atom. The number of carbonyl (C=O) groups is 2. The van der Waals surface area contributed by atoms with Crippen molar-refractivity contribution in [1.82, 2.24) is 5.32 Å². The van der Waals surface area contributed by atoms with E-state index in [1.165, 1.54) is 13.8 Å². The molecule has 6 atom stereocenters. The molecule has 0 spiro atoms. The van der Waals surface area contributed by atoms with Crippen LogP contribution in [0.15, 0.2) is 24.3 Å². The summed E-state index contributed by atoms with van der Waals surface area (Å²) in [5.74, 6) is -1.96. The van der Waals surface area contributed by atoms with Crippen molar-refractivity contribution < 1.29 is 38.4 Å². The second-order valence-electron chi connectivity index (χ2n) is 7.72. The molecular formula is C20H26ClNO8. The Kier molecular flexibility index (Phi) is 6.88. The maximum Gasteiger partial charge on any atom is 0.332 e. The Hall–Kier alpha value is -1.91. The van der Waals surface area contributed by atoms with Gasteiger partial charge in [0, 0.05) is 11.9 Å². The van der Waals surface area contributed by atoms with Crippen molar-refractivity contribution in [2.24, 2.45) is 0 Å². The van der Waals surface area contributed by atoms with Crippen LogP contribution < -0.4 is 10.1 Å². The van der Waals surface area contributed by atoms with Gasteiger partial charge in [-0.25, -0.2) is 4.79 Å². The Bertz CT molecular complexity index is 771. The minimum absolute atomic E-state index is 0.187. The predicted molar refractivity (Wildman–Crippen MR) is 105 cm³/mol. The Morgan fingerprint density at radius 3 is 2.57 bits per heavy atom. The molecule has 1 aromatic rings. The van der Waals surface area contributed by atoms with Crippen molar-refractivity contribution in [3.8, 4) is 5.75 Å². The normalized spacial score (nSPS) is 31.3. The fraction of sp³-hybridized carbons (Fsp3) is 0.600. The van der Waals surface area contributed by atoms with Gasteiger partial charge in [-0.2, -0.15) is 0 Å². The smallest absolute Gasteiger partial charge is 0.332 e. The lowest BCUT2D eigenvalue weighted by Gasteiger charge is -2.51. The van der Waals surface area contributed by atoms with Crippen LogP contribution in [0.3, 0.4) is 0 Å². The number of carboxylic acid groups (broad SMARTS) is 1. The van der Waals surface area contributed by atoms with E-state index in [1.54, 1.807) is 38.1 Å². The number of nitrogens with one attached hydrogen (secondary N) is 1. The van der Waals surface area contributed by atoms with Gasteiger partial charge < -0.3 is 34.1 Å². The van der Waals surface area contributed by atoms with Crippen LogP contribution in [0.4, 0.5) is 0 Å². The number of fused-ring (bicyclic) bond motifs is 1. The van der Waals surface area contributed by atoms with Crippen molar-refractivity contribution in [3.05, 3.63) is 29.3 Å². The third kappa shape index (κ3) is 5.41. The van der Waals surface area contributed by atoms with E-state index in [4.69, 9.17) is 35.3 Å². The number of aliphatic carboxylic acids is 1. The molecule has 0 radical (unpaired) electrons. The van der Waals surface area contributed by atoms with Crippen molar-refractivity contribution in [3.63, 3.8) is 0 Å². The molecule has 1 amide bonds. The van der Waals surface area contributed by atoms with Gasteiger partial charge in [0.05, 0.1) is 6.61 Å². The third-order valence-electron chi connectivity index (χ3n) is 4.81. The maximum absolute atomic E-state index is 11.9. The quantitative estimate of drug-likeness (QED) is 0.686. The van der Waals surface area contributed by atoms with Crippen molar-refractivity contribution in [2.45, 2.75) is 70.2 Å². The highest BCUT2D eigenvalue weighted by Gasteiger charge is 2.54. The van der Waals surface area contributed by atoms with E-state index < -0.39 is 48.5 Å². The molecule has 0 bridgehead atoms. The van der Waals surface area contributed by atoms with Crippen LogP contribution in [0.1, 0.15) is 27.7 Å². The molecule has 1 aromatic carbocycles. The van der Waals surface area contributed by atoms with Gasteiger partial charge in [0.25, 0.3) is 0 Å². The van der Waals surface area contributed by atoms with Gasteiger partial charge in [0.1, 0.15) is 30.1 Å². The van der Waals surface area contributed by atoms with Crippen LogP contribution in [0, 0.1) is 0 Å². The van der Waals surface area contributed by atoms with E-state index in [2.05, 4.69) is 5.32 Å². The Balaban J connectivity index is 1.92. The zero-order valence-corrected chi connectivity index (χ0v) is 17.9. The lowest BCUT2D eigenvalue weighted by Crippen LogP contribution is -2.70. The fourth-order valence-electron chi connectivity index (χ4n) is 3.42. The summed E-state index contributed by atoms with van der Waals surface area (Å²) in [6, 6.07) is 5.80. The molecule has 2 aliphatic rings. The molecule has 3 rings (SSSR count). The SMILES string of the molecule is CC(=O)NC1C(Oc2ccc(Cl)cc2)OC2COC(C)(C)OC2C1OC(C)C(=O)O. The first-order valence-corrected chi connectivity index (χ1v) is 9.98.